The molecule has 0 saturated heterocycles. The van der Waals surface area contributed by atoms with Gasteiger partial charge in [-0.1, -0.05) is 38.1 Å². The van der Waals surface area contributed by atoms with Crippen LogP contribution in [-0.2, 0) is 20.9 Å². The summed E-state index contributed by atoms with van der Waals surface area (Å²) >= 11 is 0. The topological polar surface area (TPSA) is 77.4 Å². The number of hydrogen-bond acceptors (Lipinski definition) is 4. The van der Waals surface area contributed by atoms with E-state index in [1.807, 2.05) is 32.0 Å². The minimum absolute atomic E-state index is 0.227. The predicted octanol–water partition coefficient (Wildman–Crippen LogP) is 2.15. The normalized spacial score (nSPS) is 10.5. The first kappa shape index (κ1) is 17.5. The fraction of sp³-hybridized carbons (Fsp3) is 0.278. The first-order chi connectivity index (χ1) is 11.5. The van der Waals surface area contributed by atoms with Gasteiger partial charge in [-0.3, -0.25) is 14.4 Å². The Labute approximate surface area is 140 Å². The lowest BCUT2D eigenvalue weighted by atomic mass is 10.0. The maximum absolute atomic E-state index is 12.0. The first-order valence-electron chi connectivity index (χ1n) is 7.67. The van der Waals surface area contributed by atoms with E-state index in [9.17, 15) is 14.4 Å². The summed E-state index contributed by atoms with van der Waals surface area (Å²) in [5, 5.41) is 2.74. The van der Waals surface area contributed by atoms with Gasteiger partial charge < -0.3 is 14.6 Å². The molecule has 1 aromatic carbocycles. The number of ether oxygens (including phenoxy) is 1. The van der Waals surface area contributed by atoms with E-state index in [2.05, 4.69) is 5.32 Å². The number of anilines is 1. The molecule has 6 heteroatoms. The first-order valence-corrected chi connectivity index (χ1v) is 7.67. The van der Waals surface area contributed by atoms with Crippen LogP contribution in [0.25, 0.3) is 0 Å². The molecule has 0 atom stereocenters. The second-order valence-corrected chi connectivity index (χ2v) is 5.62. The fourth-order valence-corrected chi connectivity index (χ4v) is 2.22. The highest BCUT2D eigenvalue weighted by Crippen LogP contribution is 2.23. The lowest BCUT2D eigenvalue weighted by Crippen LogP contribution is -2.27. The molecule has 6 nitrogen and oxygen atoms in total. The van der Waals surface area contributed by atoms with Crippen molar-refractivity contribution in [1.29, 1.82) is 0 Å². The Hall–Kier alpha value is -2.89. The molecular weight excluding hydrogens is 308 g/mol. The molecule has 126 valence electrons. The van der Waals surface area contributed by atoms with E-state index in [0.29, 0.717) is 5.69 Å². The zero-order chi connectivity index (χ0) is 17.5. The van der Waals surface area contributed by atoms with E-state index in [1.165, 1.54) is 16.8 Å². The van der Waals surface area contributed by atoms with Gasteiger partial charge in [-0.15, -0.1) is 0 Å². The average molecular weight is 328 g/mol. The molecule has 0 saturated carbocycles. The van der Waals surface area contributed by atoms with Gasteiger partial charge in [-0.05, 0) is 23.6 Å². The third-order valence-electron chi connectivity index (χ3n) is 3.42. The van der Waals surface area contributed by atoms with Crippen LogP contribution in [0.1, 0.15) is 25.3 Å². The Morgan fingerprint density at radius 1 is 1.12 bits per heavy atom. The van der Waals surface area contributed by atoms with Crippen LogP contribution in [0.2, 0.25) is 0 Å². The predicted molar refractivity (Wildman–Crippen MR) is 90.8 cm³/mol. The highest BCUT2D eigenvalue weighted by molar-refractivity contribution is 5.93. The van der Waals surface area contributed by atoms with Crippen LogP contribution in [0, 0.1) is 0 Å². The Balaban J connectivity index is 1.89. The molecule has 1 aromatic heterocycles. The number of para-hydroxylation sites is 1. The van der Waals surface area contributed by atoms with Crippen molar-refractivity contribution in [3.8, 4) is 0 Å². The third-order valence-corrected chi connectivity index (χ3v) is 3.42. The molecule has 1 amide bonds. The monoisotopic (exact) mass is 328 g/mol. The molecule has 0 aliphatic carbocycles. The smallest absolute Gasteiger partial charge is 0.326 e. The highest BCUT2D eigenvalue weighted by Gasteiger charge is 2.12. The molecule has 0 unspecified atom stereocenters. The molecular formula is C18H20N2O4. The number of pyridine rings is 1. The highest BCUT2D eigenvalue weighted by atomic mass is 16.5. The average Bonchev–Trinajstić information content (AvgIpc) is 2.55. The van der Waals surface area contributed by atoms with Crippen molar-refractivity contribution in [2.75, 3.05) is 11.9 Å². The van der Waals surface area contributed by atoms with Crippen LogP contribution in [-0.4, -0.2) is 23.1 Å². The number of nitrogens with one attached hydrogen (secondary N) is 1. The van der Waals surface area contributed by atoms with E-state index in [0.717, 1.165) is 5.56 Å². The third kappa shape index (κ3) is 4.81. The fourth-order valence-electron chi connectivity index (χ4n) is 2.22. The van der Waals surface area contributed by atoms with E-state index in [1.54, 1.807) is 18.2 Å². The summed E-state index contributed by atoms with van der Waals surface area (Å²) < 4.78 is 6.14. The van der Waals surface area contributed by atoms with Crippen molar-refractivity contribution >= 4 is 17.6 Å². The van der Waals surface area contributed by atoms with Gasteiger partial charge in [0.2, 0.25) is 0 Å². The standard InChI is InChI=1S/C18H20N2O4/c1-13(2)14-7-3-4-8-15(14)19-16(21)12-24-18(23)11-20-10-6-5-9-17(20)22/h3-10,13H,11-12H2,1-2H3,(H,19,21). The van der Waals surface area contributed by atoms with Crippen molar-refractivity contribution in [2.45, 2.75) is 26.3 Å². The molecule has 0 aliphatic heterocycles. The minimum Gasteiger partial charge on any atom is -0.454 e. The molecule has 0 radical (unpaired) electrons. The van der Waals surface area contributed by atoms with Crippen LogP contribution < -0.4 is 10.9 Å². The molecule has 0 spiro atoms. The second kappa shape index (κ2) is 8.10. The van der Waals surface area contributed by atoms with E-state index >= 15 is 0 Å². The van der Waals surface area contributed by atoms with Gasteiger partial charge in [0.05, 0.1) is 0 Å². The maximum atomic E-state index is 12.0. The number of carbonyl (C=O) groups is 2. The largest absolute Gasteiger partial charge is 0.454 e. The molecule has 2 rings (SSSR count). The van der Waals surface area contributed by atoms with Crippen LogP contribution in [0.4, 0.5) is 5.69 Å². The van der Waals surface area contributed by atoms with Crippen molar-refractivity contribution < 1.29 is 14.3 Å². The number of amides is 1. The van der Waals surface area contributed by atoms with Gasteiger partial charge in [0.15, 0.2) is 6.61 Å². The molecule has 0 aliphatic rings. The van der Waals surface area contributed by atoms with Crippen molar-refractivity contribution in [3.05, 3.63) is 64.6 Å². The summed E-state index contributed by atoms with van der Waals surface area (Å²) in [5.41, 5.74) is 1.41. The SMILES string of the molecule is CC(C)c1ccccc1NC(=O)COC(=O)Cn1ccccc1=O. The number of esters is 1. The quantitative estimate of drug-likeness (QED) is 0.824. The summed E-state index contributed by atoms with van der Waals surface area (Å²) in [6.45, 7) is 3.44. The number of hydrogen-bond donors (Lipinski definition) is 1. The van der Waals surface area contributed by atoms with Crippen LogP contribution in [0.5, 0.6) is 0 Å². The van der Waals surface area contributed by atoms with Gasteiger partial charge in [-0.2, -0.15) is 0 Å². The number of aromatic nitrogens is 1. The van der Waals surface area contributed by atoms with Gasteiger partial charge in [-0.25, -0.2) is 0 Å². The second-order valence-electron chi connectivity index (χ2n) is 5.62. The lowest BCUT2D eigenvalue weighted by molar-refractivity contribution is -0.147. The number of nitrogens with zero attached hydrogens (tertiary/aromatic N) is 1. The molecule has 1 heterocycles. The van der Waals surface area contributed by atoms with Crippen molar-refractivity contribution in [3.63, 3.8) is 0 Å². The van der Waals surface area contributed by atoms with Crippen LogP contribution in [0.15, 0.2) is 53.5 Å². The number of carbonyl (C=O) groups excluding carboxylic acids is 2. The van der Waals surface area contributed by atoms with Gasteiger partial charge in [0.25, 0.3) is 11.5 Å². The summed E-state index contributed by atoms with van der Waals surface area (Å²) in [6, 6.07) is 12.1. The van der Waals surface area contributed by atoms with Gasteiger partial charge in [0, 0.05) is 18.0 Å². The van der Waals surface area contributed by atoms with Crippen LogP contribution >= 0.6 is 0 Å². The molecule has 0 fully saturated rings. The van der Waals surface area contributed by atoms with Crippen molar-refractivity contribution in [2.24, 2.45) is 0 Å². The minimum atomic E-state index is -0.643. The Morgan fingerprint density at radius 2 is 1.83 bits per heavy atom. The Kier molecular flexibility index (Phi) is 5.89. The van der Waals surface area contributed by atoms with Gasteiger partial charge >= 0.3 is 5.97 Å². The molecule has 0 bridgehead atoms. The maximum Gasteiger partial charge on any atom is 0.326 e. The summed E-state index contributed by atoms with van der Waals surface area (Å²) in [7, 11) is 0. The van der Waals surface area contributed by atoms with E-state index in [4.69, 9.17) is 4.74 Å². The summed E-state index contributed by atoms with van der Waals surface area (Å²) in [6.07, 6.45) is 1.49. The summed E-state index contributed by atoms with van der Waals surface area (Å²) in [5.74, 6) is -0.804. The molecule has 2 aromatic rings. The zero-order valence-corrected chi connectivity index (χ0v) is 13.7. The number of rotatable bonds is 6. The van der Waals surface area contributed by atoms with Crippen molar-refractivity contribution in [1.82, 2.24) is 4.57 Å². The number of benzene rings is 1. The van der Waals surface area contributed by atoms with Gasteiger partial charge in [0.1, 0.15) is 6.54 Å². The van der Waals surface area contributed by atoms with Crippen LogP contribution in [0.3, 0.4) is 0 Å². The summed E-state index contributed by atoms with van der Waals surface area (Å²) in [4.78, 5) is 35.2. The molecule has 24 heavy (non-hydrogen) atoms. The van der Waals surface area contributed by atoms with E-state index < -0.39 is 18.5 Å². The Morgan fingerprint density at radius 3 is 2.54 bits per heavy atom. The van der Waals surface area contributed by atoms with E-state index in [-0.39, 0.29) is 18.0 Å². The molecule has 1 N–H and O–H groups in total. The lowest BCUT2D eigenvalue weighted by Gasteiger charge is -2.13. The Bertz CT molecular complexity index is 780. The zero-order valence-electron chi connectivity index (χ0n) is 13.7.